The molecule has 0 saturated carbocycles. The van der Waals surface area contributed by atoms with Gasteiger partial charge in [-0.05, 0) is 28.8 Å². The van der Waals surface area contributed by atoms with Gasteiger partial charge in [-0.1, -0.05) is 48.0 Å². The second kappa shape index (κ2) is 10.9. The van der Waals surface area contributed by atoms with Crippen LogP contribution < -0.4 is 5.32 Å². The molecule has 0 atom stereocenters. The van der Waals surface area contributed by atoms with Gasteiger partial charge in [-0.3, -0.25) is 4.99 Å². The maximum Gasteiger partial charge on any atom is 0.193 e. The van der Waals surface area contributed by atoms with E-state index in [9.17, 15) is 8.42 Å². The minimum absolute atomic E-state index is 0. The van der Waals surface area contributed by atoms with Gasteiger partial charge in [0.2, 0.25) is 0 Å². The van der Waals surface area contributed by atoms with Crippen molar-refractivity contribution >= 4 is 51.4 Å². The highest BCUT2D eigenvalue weighted by Gasteiger charge is 2.08. The van der Waals surface area contributed by atoms with Crippen molar-refractivity contribution in [1.82, 2.24) is 10.2 Å². The fourth-order valence-corrected chi connectivity index (χ4v) is 3.48. The number of sulfone groups is 1. The number of nitrogens with one attached hydrogen (secondary N) is 1. The first kappa shape index (κ1) is 23.7. The van der Waals surface area contributed by atoms with Crippen molar-refractivity contribution in [2.24, 2.45) is 4.99 Å². The molecule has 1 N–H and O–H groups in total. The summed E-state index contributed by atoms with van der Waals surface area (Å²) in [6, 6.07) is 15.3. The highest BCUT2D eigenvalue weighted by atomic mass is 127. The molecule has 0 amide bonds. The van der Waals surface area contributed by atoms with Gasteiger partial charge in [-0.15, -0.1) is 24.0 Å². The van der Waals surface area contributed by atoms with Crippen LogP contribution in [-0.2, 0) is 28.7 Å². The second-order valence-electron chi connectivity index (χ2n) is 6.27. The molecule has 27 heavy (non-hydrogen) atoms. The van der Waals surface area contributed by atoms with E-state index in [-0.39, 0.29) is 29.7 Å². The summed E-state index contributed by atoms with van der Waals surface area (Å²) in [4.78, 5) is 6.34. The number of benzene rings is 2. The van der Waals surface area contributed by atoms with Gasteiger partial charge < -0.3 is 10.2 Å². The van der Waals surface area contributed by atoms with Gasteiger partial charge in [0.1, 0.15) is 0 Å². The largest absolute Gasteiger partial charge is 0.352 e. The van der Waals surface area contributed by atoms with Crippen LogP contribution in [0.5, 0.6) is 0 Å². The number of guanidine groups is 1. The van der Waals surface area contributed by atoms with Gasteiger partial charge in [0, 0.05) is 38.5 Å². The van der Waals surface area contributed by atoms with Crippen LogP contribution in [-0.4, -0.2) is 39.6 Å². The van der Waals surface area contributed by atoms with E-state index >= 15 is 0 Å². The van der Waals surface area contributed by atoms with Crippen LogP contribution in [0.1, 0.15) is 16.7 Å². The second-order valence-corrected chi connectivity index (χ2v) is 8.85. The highest BCUT2D eigenvalue weighted by molar-refractivity contribution is 14.0. The molecule has 0 aliphatic heterocycles. The molecule has 2 aromatic rings. The Bertz CT molecular complexity index is 854. The van der Waals surface area contributed by atoms with Crippen molar-refractivity contribution in [3.63, 3.8) is 0 Å². The van der Waals surface area contributed by atoms with Crippen molar-refractivity contribution in [2.75, 3.05) is 20.4 Å². The summed E-state index contributed by atoms with van der Waals surface area (Å²) in [6.07, 6.45) is 1.24. The van der Waals surface area contributed by atoms with Gasteiger partial charge in [-0.2, -0.15) is 0 Å². The zero-order chi connectivity index (χ0) is 19.2. The quantitative estimate of drug-likeness (QED) is 0.358. The zero-order valence-electron chi connectivity index (χ0n) is 15.6. The van der Waals surface area contributed by atoms with Gasteiger partial charge in [-0.25, -0.2) is 8.42 Å². The lowest BCUT2D eigenvalue weighted by Gasteiger charge is -2.22. The third kappa shape index (κ3) is 8.49. The van der Waals surface area contributed by atoms with E-state index in [1.54, 1.807) is 7.05 Å². The number of aliphatic imine (C=N–C) groups is 1. The number of nitrogens with zero attached hydrogens (tertiary/aromatic N) is 2. The molecular formula is C19H25ClIN3O2S. The lowest BCUT2D eigenvalue weighted by molar-refractivity contribution is 0.476. The molecule has 2 aromatic carbocycles. The Hall–Kier alpha value is -1.32. The Morgan fingerprint density at radius 2 is 1.56 bits per heavy atom. The summed E-state index contributed by atoms with van der Waals surface area (Å²) >= 11 is 5.92. The minimum atomic E-state index is -3.01. The van der Waals surface area contributed by atoms with Crippen LogP contribution in [0.15, 0.2) is 53.5 Å². The first-order valence-corrected chi connectivity index (χ1v) is 10.6. The molecule has 8 heteroatoms. The van der Waals surface area contributed by atoms with Crippen LogP contribution in [0.4, 0.5) is 0 Å². The molecule has 2 rings (SSSR count). The van der Waals surface area contributed by atoms with E-state index in [0.717, 1.165) is 27.7 Å². The Kier molecular flexibility index (Phi) is 9.55. The van der Waals surface area contributed by atoms with Gasteiger partial charge >= 0.3 is 0 Å². The normalized spacial score (nSPS) is 11.6. The summed E-state index contributed by atoms with van der Waals surface area (Å²) in [5, 5.41) is 4.04. The molecule has 0 unspecified atom stereocenters. The Labute approximate surface area is 183 Å². The predicted molar refractivity (Wildman–Crippen MR) is 124 cm³/mol. The predicted octanol–water partition coefficient (Wildman–Crippen LogP) is 3.71. The third-order valence-corrected chi connectivity index (χ3v) is 4.92. The summed E-state index contributed by atoms with van der Waals surface area (Å²) in [5.41, 5.74) is 2.99. The van der Waals surface area contributed by atoms with E-state index in [1.165, 1.54) is 6.26 Å². The van der Waals surface area contributed by atoms with Crippen molar-refractivity contribution in [3.05, 3.63) is 70.2 Å². The highest BCUT2D eigenvalue weighted by Crippen LogP contribution is 2.11. The molecule has 0 fully saturated rings. The van der Waals surface area contributed by atoms with Gasteiger partial charge in [0.05, 0.1) is 5.75 Å². The molecular weight excluding hydrogens is 497 g/mol. The maximum atomic E-state index is 11.3. The molecule has 148 valence electrons. The van der Waals surface area contributed by atoms with E-state index in [0.29, 0.717) is 13.1 Å². The first-order valence-electron chi connectivity index (χ1n) is 8.18. The van der Waals surface area contributed by atoms with E-state index in [1.807, 2.05) is 60.5 Å². The monoisotopic (exact) mass is 521 g/mol. The van der Waals surface area contributed by atoms with Gasteiger partial charge in [0.15, 0.2) is 15.8 Å². The lowest BCUT2D eigenvalue weighted by Crippen LogP contribution is -2.38. The van der Waals surface area contributed by atoms with Crippen molar-refractivity contribution < 1.29 is 8.42 Å². The van der Waals surface area contributed by atoms with E-state index in [2.05, 4.69) is 10.3 Å². The molecule has 5 nitrogen and oxygen atoms in total. The van der Waals surface area contributed by atoms with E-state index in [4.69, 9.17) is 11.6 Å². The fourth-order valence-electron chi connectivity index (χ4n) is 2.56. The zero-order valence-corrected chi connectivity index (χ0v) is 19.5. The van der Waals surface area contributed by atoms with Crippen molar-refractivity contribution in [3.8, 4) is 0 Å². The molecule has 0 aliphatic rings. The van der Waals surface area contributed by atoms with Crippen LogP contribution in [0.25, 0.3) is 0 Å². The molecule has 0 aromatic heterocycles. The molecule has 0 bridgehead atoms. The average molecular weight is 522 g/mol. The summed E-state index contributed by atoms with van der Waals surface area (Å²) in [7, 11) is 0.704. The standard InChI is InChI=1S/C19H24ClN3O2S.HI/c1-21-19(23(2)13-16-8-10-18(20)11-9-16)22-12-15-4-6-17(7-5-15)14-26(3,24)25;/h4-11H,12-14H2,1-3H3,(H,21,22);1H. The van der Waals surface area contributed by atoms with Crippen LogP contribution >= 0.6 is 35.6 Å². The Morgan fingerprint density at radius 3 is 2.07 bits per heavy atom. The average Bonchev–Trinajstić information content (AvgIpc) is 2.57. The van der Waals surface area contributed by atoms with Crippen molar-refractivity contribution in [2.45, 2.75) is 18.8 Å². The lowest BCUT2D eigenvalue weighted by atomic mass is 10.1. The maximum absolute atomic E-state index is 11.3. The van der Waals surface area contributed by atoms with Crippen LogP contribution in [0.2, 0.25) is 5.02 Å². The summed E-state index contributed by atoms with van der Waals surface area (Å²) in [5.74, 6) is 0.840. The summed E-state index contributed by atoms with van der Waals surface area (Å²) in [6.45, 7) is 1.32. The Morgan fingerprint density at radius 1 is 1.04 bits per heavy atom. The SMILES string of the molecule is CN=C(NCc1ccc(CS(C)(=O)=O)cc1)N(C)Cc1ccc(Cl)cc1.I. The number of rotatable bonds is 6. The number of hydrogen-bond donors (Lipinski definition) is 1. The molecule has 0 spiro atoms. The first-order chi connectivity index (χ1) is 12.3. The molecule has 0 saturated heterocycles. The molecule has 0 radical (unpaired) electrons. The molecule has 0 heterocycles. The van der Waals surface area contributed by atoms with Crippen molar-refractivity contribution in [1.29, 1.82) is 0 Å². The smallest absolute Gasteiger partial charge is 0.193 e. The minimum Gasteiger partial charge on any atom is -0.352 e. The number of hydrogen-bond acceptors (Lipinski definition) is 3. The Balaban J connectivity index is 0.00000364. The third-order valence-electron chi connectivity index (χ3n) is 3.81. The fraction of sp³-hybridized carbons (Fsp3) is 0.316. The summed E-state index contributed by atoms with van der Waals surface area (Å²) < 4.78 is 22.7. The topological polar surface area (TPSA) is 61.8 Å². The van der Waals surface area contributed by atoms with E-state index < -0.39 is 9.84 Å². The van der Waals surface area contributed by atoms with Crippen LogP contribution in [0, 0.1) is 0 Å². The van der Waals surface area contributed by atoms with Gasteiger partial charge in [0.25, 0.3) is 0 Å². The van der Waals surface area contributed by atoms with Crippen LogP contribution in [0.3, 0.4) is 0 Å². The number of halogens is 2. The molecule has 0 aliphatic carbocycles.